The summed E-state index contributed by atoms with van der Waals surface area (Å²) >= 11 is 0. The van der Waals surface area contributed by atoms with Gasteiger partial charge in [0.15, 0.2) is 0 Å². The minimum Gasteiger partial charge on any atom is -0.339 e. The van der Waals surface area contributed by atoms with Crippen LogP contribution in [0.2, 0.25) is 0 Å². The van der Waals surface area contributed by atoms with E-state index in [1.54, 1.807) is 40.1 Å². The molecule has 2 amide bonds. The Labute approximate surface area is 212 Å². The first-order valence-electron chi connectivity index (χ1n) is 12.8. The molecule has 0 unspecified atom stereocenters. The maximum Gasteiger partial charge on any atom is 0.281 e. The topological polar surface area (TPSA) is 92.6 Å². The van der Waals surface area contributed by atoms with Gasteiger partial charge in [0.05, 0.1) is 16.6 Å². The quantitative estimate of drug-likeness (QED) is 0.535. The summed E-state index contributed by atoms with van der Waals surface area (Å²) in [5.41, 5.74) is 0.687. The van der Waals surface area contributed by atoms with Gasteiger partial charge in [-0.05, 0) is 49.4 Å². The summed E-state index contributed by atoms with van der Waals surface area (Å²) < 4.78 is 15.8. The molecular formula is C28H27FN4O4. The van der Waals surface area contributed by atoms with Crippen molar-refractivity contribution in [2.45, 2.75) is 32.1 Å². The third kappa shape index (κ3) is 4.54. The van der Waals surface area contributed by atoms with E-state index in [1.807, 2.05) is 0 Å². The van der Waals surface area contributed by atoms with Crippen LogP contribution in [0.4, 0.5) is 4.39 Å². The highest BCUT2D eigenvalue weighted by atomic mass is 19.1. The van der Waals surface area contributed by atoms with Crippen molar-refractivity contribution < 1.29 is 18.8 Å². The number of aromatic nitrogens is 2. The van der Waals surface area contributed by atoms with Crippen LogP contribution in [0.25, 0.3) is 10.8 Å². The van der Waals surface area contributed by atoms with Crippen molar-refractivity contribution in [2.75, 3.05) is 26.2 Å². The number of piperazine rings is 1. The highest BCUT2D eigenvalue weighted by Crippen LogP contribution is 2.32. The van der Waals surface area contributed by atoms with Crippen LogP contribution in [0.5, 0.6) is 0 Å². The molecule has 2 aliphatic carbocycles. The van der Waals surface area contributed by atoms with Gasteiger partial charge < -0.3 is 9.80 Å². The molecule has 8 nitrogen and oxygen atoms in total. The number of fused-ring (bicyclic) bond motifs is 1. The van der Waals surface area contributed by atoms with Gasteiger partial charge in [-0.25, -0.2) is 4.39 Å². The molecular weight excluding hydrogens is 475 g/mol. The van der Waals surface area contributed by atoms with Gasteiger partial charge in [-0.3, -0.25) is 19.2 Å². The largest absolute Gasteiger partial charge is 0.339 e. The molecule has 3 aromatic rings. The highest BCUT2D eigenvalue weighted by Gasteiger charge is 2.36. The number of carbonyl (C=O) groups is 3. The molecule has 0 radical (unpaired) electrons. The summed E-state index contributed by atoms with van der Waals surface area (Å²) in [6.45, 7) is 1.63. The van der Waals surface area contributed by atoms with E-state index in [-0.39, 0.29) is 35.6 Å². The maximum absolute atomic E-state index is 14.8. The SMILES string of the molecule is O=C(c1cc(Cc2nn(C(=O)C3CC3)c(=O)c3ccccc23)ccc1F)N1CCN(C(=O)C2CC2)CC1. The molecule has 2 heterocycles. The minimum absolute atomic E-state index is 0.0360. The van der Waals surface area contributed by atoms with Crippen molar-refractivity contribution in [3.8, 4) is 0 Å². The second-order valence-corrected chi connectivity index (χ2v) is 10.2. The van der Waals surface area contributed by atoms with E-state index < -0.39 is 17.3 Å². The number of halogens is 1. The summed E-state index contributed by atoms with van der Waals surface area (Å²) in [4.78, 5) is 54.6. The monoisotopic (exact) mass is 502 g/mol. The molecule has 1 aromatic heterocycles. The molecule has 0 spiro atoms. The van der Waals surface area contributed by atoms with E-state index in [2.05, 4.69) is 5.10 Å². The molecule has 1 saturated heterocycles. The van der Waals surface area contributed by atoms with Crippen LogP contribution in [0.1, 0.15) is 52.1 Å². The summed E-state index contributed by atoms with van der Waals surface area (Å²) in [6, 6.07) is 11.4. The van der Waals surface area contributed by atoms with Crippen LogP contribution in [0.3, 0.4) is 0 Å². The van der Waals surface area contributed by atoms with Crippen LogP contribution < -0.4 is 5.56 Å². The maximum atomic E-state index is 14.8. The second kappa shape index (κ2) is 9.21. The van der Waals surface area contributed by atoms with E-state index in [9.17, 15) is 23.6 Å². The average Bonchev–Trinajstić information content (AvgIpc) is 3.84. The van der Waals surface area contributed by atoms with Gasteiger partial charge in [0.1, 0.15) is 5.82 Å². The van der Waals surface area contributed by atoms with Crippen molar-refractivity contribution >= 4 is 28.5 Å². The summed E-state index contributed by atoms with van der Waals surface area (Å²) in [6.07, 6.45) is 3.60. The number of rotatable bonds is 5. The first-order valence-corrected chi connectivity index (χ1v) is 12.8. The van der Waals surface area contributed by atoms with E-state index >= 15 is 0 Å². The summed E-state index contributed by atoms with van der Waals surface area (Å²) in [5, 5.41) is 5.44. The van der Waals surface area contributed by atoms with Gasteiger partial charge >= 0.3 is 0 Å². The Morgan fingerprint density at radius 2 is 1.46 bits per heavy atom. The Hall–Kier alpha value is -3.88. The number of carbonyl (C=O) groups excluding carboxylic acids is 3. The highest BCUT2D eigenvalue weighted by molar-refractivity contribution is 5.95. The lowest BCUT2D eigenvalue weighted by Gasteiger charge is -2.35. The van der Waals surface area contributed by atoms with Crippen LogP contribution in [0.15, 0.2) is 47.3 Å². The van der Waals surface area contributed by atoms with Crippen molar-refractivity contribution in [2.24, 2.45) is 11.8 Å². The number of benzene rings is 2. The Bertz CT molecular complexity index is 1480. The fourth-order valence-electron chi connectivity index (χ4n) is 4.97. The van der Waals surface area contributed by atoms with Crippen LogP contribution in [0, 0.1) is 17.7 Å². The van der Waals surface area contributed by atoms with Crippen molar-refractivity contribution in [3.63, 3.8) is 0 Å². The van der Waals surface area contributed by atoms with E-state index in [4.69, 9.17) is 0 Å². The lowest BCUT2D eigenvalue weighted by molar-refractivity contribution is -0.134. The van der Waals surface area contributed by atoms with Gasteiger partial charge in [-0.1, -0.05) is 24.3 Å². The molecule has 2 aromatic carbocycles. The molecule has 2 saturated carbocycles. The van der Waals surface area contributed by atoms with Crippen molar-refractivity contribution in [1.82, 2.24) is 19.6 Å². The van der Waals surface area contributed by atoms with E-state index in [1.165, 1.54) is 12.1 Å². The lowest BCUT2D eigenvalue weighted by Crippen LogP contribution is -2.51. The smallest absolute Gasteiger partial charge is 0.281 e. The molecule has 3 fully saturated rings. The Morgan fingerprint density at radius 1 is 0.838 bits per heavy atom. The number of nitrogens with zero attached hydrogens (tertiary/aromatic N) is 4. The first kappa shape index (κ1) is 23.5. The molecule has 0 N–H and O–H groups in total. The Kier molecular flexibility index (Phi) is 5.85. The lowest BCUT2D eigenvalue weighted by atomic mass is 10.0. The number of hydrogen-bond acceptors (Lipinski definition) is 5. The van der Waals surface area contributed by atoms with Gasteiger partial charge in [0, 0.05) is 49.8 Å². The second-order valence-electron chi connectivity index (χ2n) is 10.2. The predicted molar refractivity (Wildman–Crippen MR) is 134 cm³/mol. The summed E-state index contributed by atoms with van der Waals surface area (Å²) in [7, 11) is 0. The standard InChI is InChI=1S/C28H27FN4O4/c29-23-10-5-17(15-22(23)27(36)32-13-11-31(12-14-32)25(34)18-6-7-18)16-24-20-3-1-2-4-21(20)28(37)33(30-24)26(35)19-8-9-19/h1-5,10,15,18-19H,6-9,11-14,16H2. The Balaban J connectivity index is 1.26. The zero-order valence-electron chi connectivity index (χ0n) is 20.4. The van der Waals surface area contributed by atoms with Gasteiger partial charge in [0.2, 0.25) is 5.91 Å². The molecule has 0 atom stereocenters. The summed E-state index contributed by atoms with van der Waals surface area (Å²) in [5.74, 6) is -1.21. The van der Waals surface area contributed by atoms with Crippen molar-refractivity contribution in [1.29, 1.82) is 0 Å². The first-order chi connectivity index (χ1) is 17.9. The number of amides is 2. The third-order valence-electron chi connectivity index (χ3n) is 7.45. The molecule has 0 bridgehead atoms. The normalized spacial score (nSPS) is 17.8. The molecule has 1 aliphatic heterocycles. The van der Waals surface area contributed by atoms with Crippen LogP contribution >= 0.6 is 0 Å². The zero-order valence-corrected chi connectivity index (χ0v) is 20.4. The molecule has 3 aliphatic rings. The molecule has 9 heteroatoms. The fourth-order valence-corrected chi connectivity index (χ4v) is 4.97. The van der Waals surface area contributed by atoms with Crippen LogP contribution in [-0.2, 0) is 11.2 Å². The average molecular weight is 503 g/mol. The van der Waals surface area contributed by atoms with Gasteiger partial charge in [0.25, 0.3) is 17.4 Å². The Morgan fingerprint density at radius 3 is 2.14 bits per heavy atom. The van der Waals surface area contributed by atoms with Crippen molar-refractivity contribution in [3.05, 3.63) is 75.5 Å². The predicted octanol–water partition coefficient (Wildman–Crippen LogP) is 2.87. The van der Waals surface area contributed by atoms with Gasteiger partial charge in [-0.2, -0.15) is 9.78 Å². The molecule has 190 valence electrons. The third-order valence-corrected chi connectivity index (χ3v) is 7.45. The van der Waals surface area contributed by atoms with Gasteiger partial charge in [-0.15, -0.1) is 0 Å². The zero-order chi connectivity index (χ0) is 25.7. The van der Waals surface area contributed by atoms with E-state index in [0.29, 0.717) is 48.2 Å². The minimum atomic E-state index is -0.614. The fraction of sp³-hybridized carbons (Fsp3) is 0.393. The van der Waals surface area contributed by atoms with Crippen LogP contribution in [-0.4, -0.2) is 63.5 Å². The molecule has 37 heavy (non-hydrogen) atoms. The molecule has 6 rings (SSSR count). The number of hydrogen-bond donors (Lipinski definition) is 0. The van der Waals surface area contributed by atoms with E-state index in [0.717, 1.165) is 30.4 Å².